The maximum Gasteiger partial charge on any atom is 0.335 e. The van der Waals surface area contributed by atoms with E-state index in [-0.39, 0.29) is 36.1 Å². The number of nitrogens with one attached hydrogen (secondary N) is 1. The van der Waals surface area contributed by atoms with Crippen LogP contribution in [-0.4, -0.2) is 21.4 Å². The van der Waals surface area contributed by atoms with Gasteiger partial charge in [-0.15, -0.1) is 0 Å². The van der Waals surface area contributed by atoms with Crippen molar-refractivity contribution in [2.75, 3.05) is 0 Å². The maximum atomic E-state index is 15.1. The minimum atomic E-state index is -1.02. The van der Waals surface area contributed by atoms with E-state index in [4.69, 9.17) is 5.11 Å². The number of aromatic carboxylic acids is 1. The quantitative estimate of drug-likeness (QED) is 0.221. The van der Waals surface area contributed by atoms with Gasteiger partial charge in [-0.05, 0) is 87.1 Å². The van der Waals surface area contributed by atoms with Gasteiger partial charge in [-0.25, -0.2) is 13.6 Å². The molecule has 0 spiro atoms. The maximum absolute atomic E-state index is 15.1. The second-order valence-electron chi connectivity index (χ2n) is 9.90. The predicted octanol–water partition coefficient (Wildman–Crippen LogP) is 7.26. The molecule has 0 atom stereocenters. The summed E-state index contributed by atoms with van der Waals surface area (Å²) >= 11 is 0. The molecule has 41 heavy (non-hydrogen) atoms. The number of nitrogens with zero attached hydrogens (tertiary/aromatic N) is 1. The van der Waals surface area contributed by atoms with Crippen LogP contribution in [0.5, 0.6) is 0 Å². The Morgan fingerprint density at radius 1 is 0.780 bits per heavy atom. The minimum absolute atomic E-state index is 0.160. The molecule has 0 fully saturated rings. The van der Waals surface area contributed by atoms with Crippen LogP contribution in [-0.2, 0) is 13.0 Å². The topological polar surface area (TPSA) is 70.8 Å². The standard InChI is InChI=1S/C34H24F2N2O3/c35-29-11-9-22(10-12-29)28-17-30(33(39)37-19-21-5-7-23(8-6-21)34(40)41)32-26(13-14-38(32)20-28)16-27-15-24-3-1-2-4-25(24)18-31(27)36/h1-15,17-18,20H,16,19H2,(H,37,39)(H,40,41). The van der Waals surface area contributed by atoms with Crippen molar-refractivity contribution in [1.82, 2.24) is 9.72 Å². The molecule has 0 aliphatic rings. The number of amides is 1. The molecule has 5 nitrogen and oxygen atoms in total. The summed E-state index contributed by atoms with van der Waals surface area (Å²) in [6.07, 6.45) is 3.97. The van der Waals surface area contributed by atoms with Crippen molar-refractivity contribution >= 4 is 28.2 Å². The van der Waals surface area contributed by atoms with Crippen molar-refractivity contribution in [3.8, 4) is 11.1 Å². The van der Waals surface area contributed by atoms with Gasteiger partial charge in [-0.3, -0.25) is 4.79 Å². The lowest BCUT2D eigenvalue weighted by Gasteiger charge is -2.13. The number of carboxylic acids is 1. The minimum Gasteiger partial charge on any atom is -0.478 e. The molecule has 0 unspecified atom stereocenters. The Labute approximate surface area is 234 Å². The molecule has 6 rings (SSSR count). The highest BCUT2D eigenvalue weighted by Gasteiger charge is 2.18. The first-order valence-electron chi connectivity index (χ1n) is 13.0. The van der Waals surface area contributed by atoms with E-state index in [0.717, 1.165) is 27.5 Å². The summed E-state index contributed by atoms with van der Waals surface area (Å²) in [6, 6.07) is 26.9. The van der Waals surface area contributed by atoms with Gasteiger partial charge in [0, 0.05) is 25.4 Å². The monoisotopic (exact) mass is 546 g/mol. The second kappa shape index (κ2) is 10.7. The van der Waals surface area contributed by atoms with Crippen LogP contribution in [0.3, 0.4) is 0 Å². The Morgan fingerprint density at radius 3 is 2.20 bits per heavy atom. The van der Waals surface area contributed by atoms with Crippen LogP contribution in [0, 0.1) is 11.6 Å². The van der Waals surface area contributed by atoms with Crippen LogP contribution in [0.15, 0.2) is 109 Å². The summed E-state index contributed by atoms with van der Waals surface area (Å²) in [5.41, 5.74) is 4.67. The molecule has 202 valence electrons. The lowest BCUT2D eigenvalue weighted by Crippen LogP contribution is -2.23. The Morgan fingerprint density at radius 2 is 1.49 bits per heavy atom. The highest BCUT2D eigenvalue weighted by atomic mass is 19.1. The van der Waals surface area contributed by atoms with Gasteiger partial charge in [0.15, 0.2) is 0 Å². The Bertz CT molecular complexity index is 1930. The zero-order chi connectivity index (χ0) is 28.5. The van der Waals surface area contributed by atoms with Crippen molar-refractivity contribution in [2.45, 2.75) is 13.0 Å². The van der Waals surface area contributed by atoms with Crippen molar-refractivity contribution in [1.29, 1.82) is 0 Å². The number of carbonyl (C=O) groups is 2. The van der Waals surface area contributed by atoms with Crippen molar-refractivity contribution in [3.05, 3.63) is 149 Å². The summed E-state index contributed by atoms with van der Waals surface area (Å²) in [6.45, 7) is 0.182. The van der Waals surface area contributed by atoms with E-state index in [0.29, 0.717) is 22.2 Å². The predicted molar refractivity (Wildman–Crippen MR) is 154 cm³/mol. The molecule has 0 saturated heterocycles. The zero-order valence-electron chi connectivity index (χ0n) is 21.8. The summed E-state index contributed by atoms with van der Waals surface area (Å²) in [7, 11) is 0. The number of halogens is 2. The fourth-order valence-electron chi connectivity index (χ4n) is 5.08. The number of fused-ring (bicyclic) bond motifs is 2. The summed E-state index contributed by atoms with van der Waals surface area (Å²) in [5.74, 6) is -2.05. The molecule has 6 aromatic rings. The van der Waals surface area contributed by atoms with Crippen LogP contribution in [0.4, 0.5) is 8.78 Å². The normalized spacial score (nSPS) is 11.2. The smallest absolute Gasteiger partial charge is 0.335 e. The van der Waals surface area contributed by atoms with Gasteiger partial charge < -0.3 is 14.8 Å². The van der Waals surface area contributed by atoms with Crippen LogP contribution in [0.2, 0.25) is 0 Å². The van der Waals surface area contributed by atoms with Gasteiger partial charge >= 0.3 is 5.97 Å². The third-order valence-electron chi connectivity index (χ3n) is 7.20. The number of carbonyl (C=O) groups excluding carboxylic acids is 1. The summed E-state index contributed by atoms with van der Waals surface area (Å²) < 4.78 is 30.6. The fourth-order valence-corrected chi connectivity index (χ4v) is 5.08. The number of hydrogen-bond acceptors (Lipinski definition) is 2. The first kappa shape index (κ1) is 26.0. The van der Waals surface area contributed by atoms with Crippen LogP contribution >= 0.6 is 0 Å². The molecule has 2 N–H and O–H groups in total. The van der Waals surface area contributed by atoms with Crippen LogP contribution in [0.25, 0.3) is 27.4 Å². The van der Waals surface area contributed by atoms with E-state index < -0.39 is 5.97 Å². The van der Waals surface area contributed by atoms with Gasteiger partial charge in [0.05, 0.1) is 16.6 Å². The van der Waals surface area contributed by atoms with Gasteiger partial charge in [0.1, 0.15) is 11.6 Å². The number of carboxylic acid groups (broad SMARTS) is 1. The number of benzene rings is 4. The fraction of sp³-hybridized carbons (Fsp3) is 0.0588. The van der Waals surface area contributed by atoms with E-state index >= 15 is 4.39 Å². The molecule has 2 aromatic heterocycles. The van der Waals surface area contributed by atoms with E-state index in [2.05, 4.69) is 5.32 Å². The van der Waals surface area contributed by atoms with Gasteiger partial charge in [0.25, 0.3) is 5.91 Å². The van der Waals surface area contributed by atoms with E-state index in [1.807, 2.05) is 53.2 Å². The van der Waals surface area contributed by atoms with Crippen molar-refractivity contribution in [2.24, 2.45) is 0 Å². The molecule has 0 radical (unpaired) electrons. The van der Waals surface area contributed by atoms with Crippen molar-refractivity contribution < 1.29 is 23.5 Å². The van der Waals surface area contributed by atoms with Crippen LogP contribution in [0.1, 0.15) is 37.4 Å². The van der Waals surface area contributed by atoms with Gasteiger partial charge in [0.2, 0.25) is 0 Å². The van der Waals surface area contributed by atoms with Crippen LogP contribution < -0.4 is 5.32 Å². The SMILES string of the molecule is O=C(O)c1ccc(CNC(=O)c2cc(-c3ccc(F)cc3)cn3ccc(Cc4cc5ccccc5cc4F)c23)cc1. The number of hydrogen-bond donors (Lipinski definition) is 2. The Balaban J connectivity index is 1.39. The lowest BCUT2D eigenvalue weighted by molar-refractivity contribution is 0.0696. The van der Waals surface area contributed by atoms with E-state index in [1.54, 1.807) is 30.3 Å². The average Bonchev–Trinajstić information content (AvgIpc) is 3.39. The summed E-state index contributed by atoms with van der Waals surface area (Å²) in [4.78, 5) is 24.8. The number of pyridine rings is 1. The van der Waals surface area contributed by atoms with Gasteiger partial charge in [-0.1, -0.05) is 48.5 Å². The second-order valence-corrected chi connectivity index (χ2v) is 9.90. The molecule has 0 bridgehead atoms. The van der Waals surface area contributed by atoms with E-state index in [1.165, 1.54) is 30.3 Å². The third-order valence-corrected chi connectivity index (χ3v) is 7.20. The first-order valence-corrected chi connectivity index (χ1v) is 13.0. The molecule has 2 heterocycles. The molecular weight excluding hydrogens is 522 g/mol. The zero-order valence-corrected chi connectivity index (χ0v) is 21.8. The molecule has 1 amide bonds. The Kier molecular flexibility index (Phi) is 6.77. The van der Waals surface area contributed by atoms with Crippen molar-refractivity contribution in [3.63, 3.8) is 0 Å². The number of rotatable bonds is 7. The third kappa shape index (κ3) is 5.30. The molecule has 0 saturated carbocycles. The van der Waals surface area contributed by atoms with Gasteiger partial charge in [-0.2, -0.15) is 0 Å². The largest absolute Gasteiger partial charge is 0.478 e. The molecule has 7 heteroatoms. The average molecular weight is 547 g/mol. The van der Waals surface area contributed by atoms with E-state index in [9.17, 15) is 14.0 Å². The lowest BCUT2D eigenvalue weighted by atomic mass is 9.98. The highest BCUT2D eigenvalue weighted by molar-refractivity contribution is 6.03. The molecular formula is C34H24F2N2O3. The number of aromatic nitrogens is 1. The molecule has 4 aromatic carbocycles. The highest BCUT2D eigenvalue weighted by Crippen LogP contribution is 2.29. The Hall–Kier alpha value is -5.30. The molecule has 0 aliphatic carbocycles. The first-order chi connectivity index (χ1) is 19.9. The molecule has 0 aliphatic heterocycles. The summed E-state index contributed by atoms with van der Waals surface area (Å²) in [5, 5.41) is 13.8.